The molecule has 0 saturated carbocycles. The van der Waals surface area contributed by atoms with Crippen molar-refractivity contribution in [2.24, 2.45) is 5.73 Å². The van der Waals surface area contributed by atoms with Gasteiger partial charge in [-0.25, -0.2) is 0 Å². The molecule has 64 valence electrons. The highest BCUT2D eigenvalue weighted by Crippen LogP contribution is 2.37. The first-order chi connectivity index (χ1) is 5.70. The Hall–Kier alpha value is 0.200. The monoisotopic (exact) mass is 293 g/mol. The van der Waals surface area contributed by atoms with Crippen molar-refractivity contribution < 1.29 is 0 Å². The third-order valence-corrected chi connectivity index (χ3v) is 3.94. The van der Waals surface area contributed by atoms with Crippen LogP contribution in [-0.2, 0) is 6.42 Å². The Labute approximate surface area is 90.4 Å². The maximum Gasteiger partial charge on any atom is 0.0589 e. The molecular formula is C9H9ClIN. The zero-order valence-electron chi connectivity index (χ0n) is 6.48. The second-order valence-corrected chi connectivity index (χ2v) is 4.62. The molecule has 1 nitrogen and oxygen atoms in total. The summed E-state index contributed by atoms with van der Waals surface area (Å²) in [5.74, 6) is 0. The van der Waals surface area contributed by atoms with Gasteiger partial charge in [0.05, 0.1) is 5.02 Å². The van der Waals surface area contributed by atoms with Crippen LogP contribution in [0.5, 0.6) is 0 Å². The van der Waals surface area contributed by atoms with Crippen LogP contribution in [0.3, 0.4) is 0 Å². The molecule has 0 saturated heterocycles. The van der Waals surface area contributed by atoms with E-state index in [-0.39, 0.29) is 6.04 Å². The summed E-state index contributed by atoms with van der Waals surface area (Å²) < 4.78 is 1.10. The highest BCUT2D eigenvalue weighted by Gasteiger charge is 2.22. The molecule has 1 aromatic rings. The molecule has 0 amide bonds. The van der Waals surface area contributed by atoms with Crippen LogP contribution in [-0.4, -0.2) is 0 Å². The van der Waals surface area contributed by atoms with Gasteiger partial charge in [0.2, 0.25) is 0 Å². The van der Waals surface area contributed by atoms with Gasteiger partial charge in [0, 0.05) is 9.61 Å². The molecule has 1 atom stereocenters. The van der Waals surface area contributed by atoms with E-state index in [1.807, 2.05) is 0 Å². The molecule has 1 aliphatic rings. The predicted molar refractivity (Wildman–Crippen MR) is 59.4 cm³/mol. The molecule has 0 aromatic heterocycles. The van der Waals surface area contributed by atoms with E-state index in [9.17, 15) is 0 Å². The van der Waals surface area contributed by atoms with E-state index in [1.54, 1.807) is 0 Å². The van der Waals surface area contributed by atoms with Gasteiger partial charge in [0.15, 0.2) is 0 Å². The highest BCUT2D eigenvalue weighted by atomic mass is 127. The Morgan fingerprint density at radius 2 is 2.25 bits per heavy atom. The van der Waals surface area contributed by atoms with Crippen LogP contribution in [0.25, 0.3) is 0 Å². The van der Waals surface area contributed by atoms with Crippen molar-refractivity contribution in [2.75, 3.05) is 0 Å². The van der Waals surface area contributed by atoms with Crippen molar-refractivity contribution in [3.8, 4) is 0 Å². The van der Waals surface area contributed by atoms with Gasteiger partial charge in [0.1, 0.15) is 0 Å². The van der Waals surface area contributed by atoms with E-state index in [4.69, 9.17) is 17.3 Å². The molecule has 0 bridgehead atoms. The van der Waals surface area contributed by atoms with Crippen LogP contribution in [0.2, 0.25) is 5.02 Å². The number of aryl methyl sites for hydroxylation is 1. The van der Waals surface area contributed by atoms with E-state index in [0.717, 1.165) is 21.4 Å². The van der Waals surface area contributed by atoms with Gasteiger partial charge < -0.3 is 5.73 Å². The predicted octanol–water partition coefficient (Wildman–Crippen LogP) is 2.89. The lowest BCUT2D eigenvalue weighted by atomic mass is 10.1. The van der Waals surface area contributed by atoms with Crippen molar-refractivity contribution in [3.05, 3.63) is 31.9 Å². The van der Waals surface area contributed by atoms with Gasteiger partial charge in [-0.05, 0) is 52.6 Å². The normalized spacial score (nSPS) is 21.1. The number of nitrogens with two attached hydrogens (primary N) is 1. The van der Waals surface area contributed by atoms with Crippen molar-refractivity contribution in [1.82, 2.24) is 0 Å². The lowest BCUT2D eigenvalue weighted by Gasteiger charge is -2.08. The fourth-order valence-electron chi connectivity index (χ4n) is 1.68. The van der Waals surface area contributed by atoms with Crippen LogP contribution < -0.4 is 5.73 Å². The van der Waals surface area contributed by atoms with E-state index in [2.05, 4.69) is 34.7 Å². The minimum atomic E-state index is 0.155. The van der Waals surface area contributed by atoms with Crippen LogP contribution in [0, 0.1) is 3.57 Å². The van der Waals surface area contributed by atoms with Crippen molar-refractivity contribution in [2.45, 2.75) is 18.9 Å². The molecule has 0 heterocycles. The van der Waals surface area contributed by atoms with E-state index in [1.165, 1.54) is 11.1 Å². The van der Waals surface area contributed by atoms with Gasteiger partial charge in [-0.1, -0.05) is 17.7 Å². The summed E-state index contributed by atoms with van der Waals surface area (Å²) in [5.41, 5.74) is 8.43. The minimum Gasteiger partial charge on any atom is -0.324 e. The van der Waals surface area contributed by atoms with Crippen LogP contribution in [0.15, 0.2) is 12.1 Å². The largest absolute Gasteiger partial charge is 0.324 e. The Morgan fingerprint density at radius 1 is 1.50 bits per heavy atom. The smallest absolute Gasteiger partial charge is 0.0589 e. The third-order valence-electron chi connectivity index (χ3n) is 2.32. The molecule has 2 rings (SSSR count). The van der Waals surface area contributed by atoms with E-state index < -0.39 is 0 Å². The molecule has 0 spiro atoms. The third kappa shape index (κ3) is 1.26. The number of benzene rings is 1. The van der Waals surface area contributed by atoms with Crippen LogP contribution >= 0.6 is 34.2 Å². The molecule has 0 fully saturated rings. The lowest BCUT2D eigenvalue weighted by molar-refractivity contribution is 0.713. The second kappa shape index (κ2) is 3.16. The van der Waals surface area contributed by atoms with Crippen molar-refractivity contribution in [3.63, 3.8) is 0 Å². The Balaban J connectivity index is 2.63. The number of hydrogen-bond acceptors (Lipinski definition) is 1. The lowest BCUT2D eigenvalue weighted by Crippen LogP contribution is -2.06. The van der Waals surface area contributed by atoms with Crippen LogP contribution in [0.1, 0.15) is 23.6 Å². The average Bonchev–Trinajstić information content (AvgIpc) is 2.41. The summed E-state index contributed by atoms with van der Waals surface area (Å²) in [6.07, 6.45) is 2.11. The summed E-state index contributed by atoms with van der Waals surface area (Å²) in [6.45, 7) is 0. The maximum atomic E-state index is 6.15. The molecule has 1 aliphatic carbocycles. The number of rotatable bonds is 0. The first kappa shape index (κ1) is 8.78. The van der Waals surface area contributed by atoms with Gasteiger partial charge in [-0.15, -0.1) is 0 Å². The Kier molecular flexibility index (Phi) is 2.31. The quantitative estimate of drug-likeness (QED) is 0.731. The fourth-order valence-corrected chi connectivity index (χ4v) is 2.48. The Morgan fingerprint density at radius 3 is 3.00 bits per heavy atom. The number of hydrogen-bond donors (Lipinski definition) is 1. The molecule has 1 aromatic carbocycles. The molecule has 3 heteroatoms. The van der Waals surface area contributed by atoms with Gasteiger partial charge >= 0.3 is 0 Å². The zero-order chi connectivity index (χ0) is 8.72. The molecular weight excluding hydrogens is 284 g/mol. The second-order valence-electron chi connectivity index (χ2n) is 3.08. The SMILES string of the molecule is NC1CCc2ccc(I)c(Cl)c21. The first-order valence-corrected chi connectivity index (χ1v) is 5.38. The summed E-state index contributed by atoms with van der Waals surface area (Å²) in [4.78, 5) is 0. The maximum absolute atomic E-state index is 6.15. The van der Waals surface area contributed by atoms with Gasteiger partial charge in [-0.3, -0.25) is 0 Å². The molecule has 12 heavy (non-hydrogen) atoms. The topological polar surface area (TPSA) is 26.0 Å². The zero-order valence-corrected chi connectivity index (χ0v) is 9.39. The molecule has 1 unspecified atom stereocenters. The highest BCUT2D eigenvalue weighted by molar-refractivity contribution is 14.1. The number of fused-ring (bicyclic) bond motifs is 1. The van der Waals surface area contributed by atoms with Crippen molar-refractivity contribution in [1.29, 1.82) is 0 Å². The minimum absolute atomic E-state index is 0.155. The summed E-state index contributed by atoms with van der Waals surface area (Å²) in [5, 5.41) is 0.859. The summed E-state index contributed by atoms with van der Waals surface area (Å²) in [7, 11) is 0. The van der Waals surface area contributed by atoms with E-state index in [0.29, 0.717) is 0 Å². The number of halogens is 2. The summed E-state index contributed by atoms with van der Waals surface area (Å²) >= 11 is 8.39. The Bertz CT molecular complexity index is 325. The molecule has 0 radical (unpaired) electrons. The van der Waals surface area contributed by atoms with E-state index >= 15 is 0 Å². The standard InChI is InChI=1S/C9H9ClIN/c10-9-6(11)3-1-5-2-4-7(12)8(5)9/h1,3,7H,2,4,12H2. The van der Waals surface area contributed by atoms with Crippen molar-refractivity contribution >= 4 is 34.2 Å². The summed E-state index contributed by atoms with van der Waals surface area (Å²) in [6, 6.07) is 4.34. The van der Waals surface area contributed by atoms with Crippen LogP contribution in [0.4, 0.5) is 0 Å². The molecule has 0 aliphatic heterocycles. The van der Waals surface area contributed by atoms with Gasteiger partial charge in [0.25, 0.3) is 0 Å². The average molecular weight is 294 g/mol. The fraction of sp³-hybridized carbons (Fsp3) is 0.333. The molecule has 2 N–H and O–H groups in total. The first-order valence-electron chi connectivity index (χ1n) is 3.92. The van der Waals surface area contributed by atoms with Gasteiger partial charge in [-0.2, -0.15) is 0 Å².